The van der Waals surface area contributed by atoms with Crippen LogP contribution < -0.4 is 0 Å². The summed E-state index contributed by atoms with van der Waals surface area (Å²) in [5.74, 6) is 0.528. The molecule has 1 nitrogen and oxygen atoms in total. The van der Waals surface area contributed by atoms with E-state index in [1.807, 2.05) is 6.08 Å². The maximum atomic E-state index is 5.17. The first-order chi connectivity index (χ1) is 4.34. The van der Waals surface area contributed by atoms with E-state index in [-0.39, 0.29) is 6.10 Å². The van der Waals surface area contributed by atoms with Gasteiger partial charge in [-0.05, 0) is 0 Å². The molecule has 1 aliphatic carbocycles. The van der Waals surface area contributed by atoms with Crippen molar-refractivity contribution in [2.75, 3.05) is 7.11 Å². The molecule has 0 amide bonds. The van der Waals surface area contributed by atoms with Gasteiger partial charge in [0.25, 0.3) is 0 Å². The zero-order chi connectivity index (χ0) is 6.69. The topological polar surface area (TPSA) is 9.23 Å². The molecule has 0 heterocycles. The number of hydrogen-bond acceptors (Lipinski definition) is 1. The third kappa shape index (κ3) is 1.42. The number of methoxy groups -OCH3 is 1. The van der Waals surface area contributed by atoms with Gasteiger partial charge in [-0.25, -0.2) is 0 Å². The third-order valence-electron chi connectivity index (χ3n) is 1.62. The summed E-state index contributed by atoms with van der Waals surface area (Å²) in [6.45, 7) is 2.15. The van der Waals surface area contributed by atoms with Gasteiger partial charge in [0.15, 0.2) is 0 Å². The molecule has 1 heteroatoms. The van der Waals surface area contributed by atoms with E-state index in [0.29, 0.717) is 5.92 Å². The second-order valence-corrected chi connectivity index (χ2v) is 2.33. The average Bonchev–Trinajstić information content (AvgIpc) is 1.89. The van der Waals surface area contributed by atoms with Gasteiger partial charge >= 0.3 is 0 Å². The van der Waals surface area contributed by atoms with Crippen LogP contribution in [0.2, 0.25) is 0 Å². The molecule has 1 rings (SSSR count). The summed E-state index contributed by atoms with van der Waals surface area (Å²) in [6.07, 6.45) is 8.59. The van der Waals surface area contributed by atoms with Crippen LogP contribution in [0.15, 0.2) is 24.3 Å². The zero-order valence-electron chi connectivity index (χ0n) is 5.87. The lowest BCUT2D eigenvalue weighted by Crippen LogP contribution is -2.17. The van der Waals surface area contributed by atoms with Gasteiger partial charge in [-0.1, -0.05) is 31.2 Å². The van der Waals surface area contributed by atoms with Crippen molar-refractivity contribution in [1.82, 2.24) is 0 Å². The Morgan fingerprint density at radius 2 is 1.89 bits per heavy atom. The SMILES string of the molecule is COC1C=CC=CC1C. The van der Waals surface area contributed by atoms with Crippen LogP contribution in [0.3, 0.4) is 0 Å². The monoisotopic (exact) mass is 124 g/mol. The van der Waals surface area contributed by atoms with E-state index >= 15 is 0 Å². The molecule has 0 aromatic rings. The van der Waals surface area contributed by atoms with Crippen LogP contribution in [0.4, 0.5) is 0 Å². The molecule has 0 aromatic heterocycles. The summed E-state index contributed by atoms with van der Waals surface area (Å²) in [4.78, 5) is 0. The first-order valence-corrected chi connectivity index (χ1v) is 3.22. The number of rotatable bonds is 1. The molecule has 2 atom stereocenters. The van der Waals surface area contributed by atoms with Gasteiger partial charge in [-0.3, -0.25) is 0 Å². The van der Waals surface area contributed by atoms with Gasteiger partial charge in [0.05, 0.1) is 6.10 Å². The summed E-state index contributed by atoms with van der Waals surface area (Å²) in [5.41, 5.74) is 0. The highest BCUT2D eigenvalue weighted by molar-refractivity contribution is 5.14. The molecule has 0 saturated carbocycles. The lowest BCUT2D eigenvalue weighted by Gasteiger charge is -2.17. The molecule has 0 fully saturated rings. The van der Waals surface area contributed by atoms with Crippen molar-refractivity contribution in [2.45, 2.75) is 13.0 Å². The first-order valence-electron chi connectivity index (χ1n) is 3.22. The van der Waals surface area contributed by atoms with Crippen molar-refractivity contribution in [3.8, 4) is 0 Å². The molecule has 0 radical (unpaired) electrons. The Balaban J connectivity index is 2.55. The Hall–Kier alpha value is -0.560. The molecule has 9 heavy (non-hydrogen) atoms. The van der Waals surface area contributed by atoms with Crippen molar-refractivity contribution in [3.63, 3.8) is 0 Å². The molecular formula is C8H12O. The summed E-state index contributed by atoms with van der Waals surface area (Å²) in [5, 5.41) is 0. The van der Waals surface area contributed by atoms with E-state index in [1.54, 1.807) is 7.11 Å². The van der Waals surface area contributed by atoms with E-state index in [1.165, 1.54) is 0 Å². The minimum absolute atomic E-state index is 0.287. The maximum Gasteiger partial charge on any atom is 0.0815 e. The zero-order valence-corrected chi connectivity index (χ0v) is 5.87. The lowest BCUT2D eigenvalue weighted by atomic mass is 10.0. The summed E-state index contributed by atoms with van der Waals surface area (Å²) in [6, 6.07) is 0. The van der Waals surface area contributed by atoms with Crippen molar-refractivity contribution in [1.29, 1.82) is 0 Å². The minimum Gasteiger partial charge on any atom is -0.377 e. The highest BCUT2D eigenvalue weighted by Crippen LogP contribution is 2.13. The quantitative estimate of drug-likeness (QED) is 0.517. The van der Waals surface area contributed by atoms with Crippen LogP contribution in [-0.4, -0.2) is 13.2 Å². The van der Waals surface area contributed by atoms with Crippen molar-refractivity contribution in [3.05, 3.63) is 24.3 Å². The lowest BCUT2D eigenvalue weighted by molar-refractivity contribution is 0.112. The van der Waals surface area contributed by atoms with E-state index in [4.69, 9.17) is 4.74 Å². The second kappa shape index (κ2) is 2.83. The molecule has 0 aromatic carbocycles. The van der Waals surface area contributed by atoms with Gasteiger partial charge < -0.3 is 4.74 Å². The summed E-state index contributed by atoms with van der Waals surface area (Å²) < 4.78 is 5.17. The van der Waals surface area contributed by atoms with Crippen LogP contribution >= 0.6 is 0 Å². The first kappa shape index (κ1) is 6.56. The van der Waals surface area contributed by atoms with E-state index < -0.39 is 0 Å². The Bertz CT molecular complexity index is 136. The summed E-state index contributed by atoms with van der Waals surface area (Å²) >= 11 is 0. The van der Waals surface area contributed by atoms with Crippen LogP contribution in [0, 0.1) is 5.92 Å². The van der Waals surface area contributed by atoms with Crippen molar-refractivity contribution >= 4 is 0 Å². The standard InChI is InChI=1S/C8H12O/c1-7-5-3-4-6-8(7)9-2/h3-8H,1-2H3. The highest BCUT2D eigenvalue weighted by Gasteiger charge is 2.11. The minimum atomic E-state index is 0.287. The Morgan fingerprint density at radius 3 is 2.33 bits per heavy atom. The summed E-state index contributed by atoms with van der Waals surface area (Å²) in [7, 11) is 1.74. The van der Waals surface area contributed by atoms with Gasteiger partial charge in [0, 0.05) is 13.0 Å². The average molecular weight is 124 g/mol. The number of allylic oxidation sites excluding steroid dienone is 2. The van der Waals surface area contributed by atoms with Gasteiger partial charge in [-0.2, -0.15) is 0 Å². The Morgan fingerprint density at radius 1 is 1.22 bits per heavy atom. The molecule has 0 saturated heterocycles. The Kier molecular flexibility index (Phi) is 2.06. The molecule has 0 N–H and O–H groups in total. The predicted octanol–water partition coefficient (Wildman–Crippen LogP) is 1.76. The number of hydrogen-bond donors (Lipinski definition) is 0. The van der Waals surface area contributed by atoms with Gasteiger partial charge in [0.1, 0.15) is 0 Å². The molecule has 0 aliphatic heterocycles. The second-order valence-electron chi connectivity index (χ2n) is 2.33. The molecule has 50 valence electrons. The normalized spacial score (nSPS) is 33.1. The van der Waals surface area contributed by atoms with E-state index in [0.717, 1.165) is 0 Å². The molecular weight excluding hydrogens is 112 g/mol. The van der Waals surface area contributed by atoms with Crippen molar-refractivity contribution in [2.24, 2.45) is 5.92 Å². The van der Waals surface area contributed by atoms with Crippen LogP contribution in [0.5, 0.6) is 0 Å². The van der Waals surface area contributed by atoms with Gasteiger partial charge in [-0.15, -0.1) is 0 Å². The van der Waals surface area contributed by atoms with E-state index in [2.05, 4.69) is 25.2 Å². The van der Waals surface area contributed by atoms with Gasteiger partial charge in [0.2, 0.25) is 0 Å². The van der Waals surface area contributed by atoms with E-state index in [9.17, 15) is 0 Å². The molecule has 0 spiro atoms. The largest absolute Gasteiger partial charge is 0.377 e. The Labute approximate surface area is 56.0 Å². The van der Waals surface area contributed by atoms with Crippen molar-refractivity contribution < 1.29 is 4.74 Å². The van der Waals surface area contributed by atoms with Crippen LogP contribution in [-0.2, 0) is 4.74 Å². The maximum absolute atomic E-state index is 5.17. The fourth-order valence-corrected chi connectivity index (χ4v) is 0.991. The predicted molar refractivity (Wildman–Crippen MR) is 38.2 cm³/mol. The molecule has 2 unspecified atom stereocenters. The highest BCUT2D eigenvalue weighted by atomic mass is 16.5. The third-order valence-corrected chi connectivity index (χ3v) is 1.62. The van der Waals surface area contributed by atoms with Crippen LogP contribution in [0.1, 0.15) is 6.92 Å². The fourth-order valence-electron chi connectivity index (χ4n) is 0.991. The van der Waals surface area contributed by atoms with Crippen LogP contribution in [0.25, 0.3) is 0 Å². The molecule has 1 aliphatic rings. The molecule has 0 bridgehead atoms. The fraction of sp³-hybridized carbons (Fsp3) is 0.500. The number of ether oxygens (including phenoxy) is 1. The smallest absolute Gasteiger partial charge is 0.0815 e.